The maximum Gasteiger partial charge on any atom is 0.158 e. The van der Waals surface area contributed by atoms with Crippen molar-refractivity contribution >= 4 is 5.78 Å². The minimum Gasteiger partial charge on any atom is -0.297 e. The topological polar surface area (TPSA) is 40.9 Å². The molecule has 1 aliphatic carbocycles. The van der Waals surface area contributed by atoms with E-state index in [1.54, 1.807) is 0 Å². The first-order valence-electron chi connectivity index (χ1n) is 6.80. The van der Waals surface area contributed by atoms with Crippen molar-refractivity contribution in [3.8, 4) is 6.07 Å². The Morgan fingerprint density at radius 1 is 1.35 bits per heavy atom. The van der Waals surface area contributed by atoms with Gasteiger partial charge in [-0.05, 0) is 25.2 Å². The van der Waals surface area contributed by atoms with E-state index in [2.05, 4.69) is 19.9 Å². The molecule has 1 unspecified atom stereocenters. The largest absolute Gasteiger partial charge is 0.297 e. The van der Waals surface area contributed by atoms with Crippen molar-refractivity contribution in [3.63, 3.8) is 0 Å². The second-order valence-corrected chi connectivity index (χ2v) is 6.55. The molecule has 0 N–H and O–H groups in total. The Morgan fingerprint density at radius 2 is 2.00 bits per heavy atom. The molecule has 1 rings (SSSR count). The van der Waals surface area contributed by atoms with Crippen molar-refractivity contribution in [1.82, 2.24) is 0 Å². The van der Waals surface area contributed by atoms with E-state index in [0.717, 1.165) is 38.5 Å². The lowest BCUT2D eigenvalue weighted by Crippen LogP contribution is -2.43. The quantitative estimate of drug-likeness (QED) is 0.736. The number of ketones is 1. The molecule has 0 bridgehead atoms. The monoisotopic (exact) mass is 235 g/mol. The summed E-state index contributed by atoms with van der Waals surface area (Å²) >= 11 is 0. The van der Waals surface area contributed by atoms with Crippen LogP contribution in [0.4, 0.5) is 0 Å². The van der Waals surface area contributed by atoms with Gasteiger partial charge in [0.25, 0.3) is 0 Å². The van der Waals surface area contributed by atoms with Gasteiger partial charge in [-0.3, -0.25) is 4.79 Å². The smallest absolute Gasteiger partial charge is 0.158 e. The van der Waals surface area contributed by atoms with Crippen LogP contribution in [0.25, 0.3) is 0 Å². The van der Waals surface area contributed by atoms with Gasteiger partial charge in [-0.2, -0.15) is 5.26 Å². The third-order valence-electron chi connectivity index (χ3n) is 4.05. The predicted molar refractivity (Wildman–Crippen MR) is 69.4 cm³/mol. The molecular weight excluding hydrogens is 210 g/mol. The molecule has 0 spiro atoms. The van der Waals surface area contributed by atoms with Crippen LogP contribution in [0, 0.1) is 28.1 Å². The summed E-state index contributed by atoms with van der Waals surface area (Å²) in [6, 6.07) is 2.35. The van der Waals surface area contributed by atoms with Gasteiger partial charge in [0.2, 0.25) is 0 Å². The summed E-state index contributed by atoms with van der Waals surface area (Å²) in [5.74, 6) is 0.833. The average molecular weight is 235 g/mol. The summed E-state index contributed by atoms with van der Waals surface area (Å²) in [5.41, 5.74) is -0.984. The van der Waals surface area contributed by atoms with Crippen LogP contribution < -0.4 is 0 Å². The highest BCUT2D eigenvalue weighted by atomic mass is 16.1. The molecule has 2 nitrogen and oxygen atoms in total. The third kappa shape index (κ3) is 3.09. The van der Waals surface area contributed by atoms with Crippen LogP contribution in [-0.2, 0) is 4.79 Å². The van der Waals surface area contributed by atoms with Gasteiger partial charge in [0.15, 0.2) is 5.78 Å². The molecule has 1 fully saturated rings. The van der Waals surface area contributed by atoms with Gasteiger partial charge in [0.05, 0.1) is 6.07 Å². The molecule has 1 atom stereocenters. The molecule has 2 heteroatoms. The SMILES string of the molecule is CC(C)CCCC1(C#N)CCCC(C)(C)C1=O. The van der Waals surface area contributed by atoms with Gasteiger partial charge in [-0.25, -0.2) is 0 Å². The van der Waals surface area contributed by atoms with Crippen LogP contribution in [0.15, 0.2) is 0 Å². The minimum absolute atomic E-state index is 0.183. The standard InChI is InChI=1S/C15H25NO/c1-12(2)7-5-9-15(11-16)10-6-8-14(3,4)13(15)17/h12H,5-10H2,1-4H3. The molecule has 0 aromatic carbocycles. The lowest BCUT2D eigenvalue weighted by atomic mass is 9.61. The maximum absolute atomic E-state index is 12.5. The summed E-state index contributed by atoms with van der Waals surface area (Å²) in [4.78, 5) is 12.5. The summed E-state index contributed by atoms with van der Waals surface area (Å²) in [6.07, 6.45) is 5.56. The van der Waals surface area contributed by atoms with E-state index in [9.17, 15) is 10.1 Å². The molecule has 0 aromatic heterocycles. The van der Waals surface area contributed by atoms with E-state index in [0.29, 0.717) is 5.92 Å². The minimum atomic E-state index is -0.684. The number of rotatable bonds is 4. The van der Waals surface area contributed by atoms with E-state index in [1.165, 1.54) is 0 Å². The lowest BCUT2D eigenvalue weighted by Gasteiger charge is -2.39. The number of carbonyl (C=O) groups is 1. The van der Waals surface area contributed by atoms with Crippen molar-refractivity contribution < 1.29 is 4.79 Å². The zero-order chi connectivity index (χ0) is 13.1. The van der Waals surface area contributed by atoms with E-state index in [4.69, 9.17) is 0 Å². The summed E-state index contributed by atoms with van der Waals surface area (Å²) in [7, 11) is 0. The second-order valence-electron chi connectivity index (χ2n) is 6.55. The van der Waals surface area contributed by atoms with E-state index < -0.39 is 5.41 Å². The molecule has 1 aliphatic rings. The Kier molecular flexibility index (Phi) is 4.36. The summed E-state index contributed by atoms with van der Waals surface area (Å²) in [5, 5.41) is 9.44. The lowest BCUT2D eigenvalue weighted by molar-refractivity contribution is -0.138. The Bertz CT molecular complexity index is 324. The first kappa shape index (κ1) is 14.2. The van der Waals surface area contributed by atoms with Crippen molar-refractivity contribution in [1.29, 1.82) is 5.26 Å². The number of Topliss-reactive ketones (excluding diaryl/α,β-unsaturated/α-hetero) is 1. The van der Waals surface area contributed by atoms with Crippen molar-refractivity contribution in [2.24, 2.45) is 16.7 Å². The first-order valence-corrected chi connectivity index (χ1v) is 6.80. The van der Waals surface area contributed by atoms with Gasteiger partial charge >= 0.3 is 0 Å². The molecule has 0 aliphatic heterocycles. The molecule has 0 aromatic rings. The van der Waals surface area contributed by atoms with Crippen molar-refractivity contribution in [2.75, 3.05) is 0 Å². The van der Waals surface area contributed by atoms with Crippen LogP contribution >= 0.6 is 0 Å². The van der Waals surface area contributed by atoms with Crippen LogP contribution in [0.2, 0.25) is 0 Å². The molecular formula is C15H25NO. The summed E-state index contributed by atoms with van der Waals surface area (Å²) in [6.45, 7) is 8.35. The number of nitrogens with zero attached hydrogens (tertiary/aromatic N) is 1. The molecule has 0 heterocycles. The molecule has 1 saturated carbocycles. The molecule has 96 valence electrons. The fraction of sp³-hybridized carbons (Fsp3) is 0.867. The van der Waals surface area contributed by atoms with Crippen molar-refractivity contribution in [3.05, 3.63) is 0 Å². The van der Waals surface area contributed by atoms with E-state index in [-0.39, 0.29) is 11.2 Å². The van der Waals surface area contributed by atoms with E-state index in [1.807, 2.05) is 13.8 Å². The van der Waals surface area contributed by atoms with Crippen LogP contribution in [-0.4, -0.2) is 5.78 Å². The van der Waals surface area contributed by atoms with E-state index >= 15 is 0 Å². The van der Waals surface area contributed by atoms with Crippen LogP contribution in [0.5, 0.6) is 0 Å². The first-order chi connectivity index (χ1) is 7.84. The summed E-state index contributed by atoms with van der Waals surface area (Å²) < 4.78 is 0. The zero-order valence-electron chi connectivity index (χ0n) is 11.7. The van der Waals surface area contributed by atoms with Crippen molar-refractivity contribution in [2.45, 2.75) is 66.2 Å². The highest BCUT2D eigenvalue weighted by Crippen LogP contribution is 2.45. The van der Waals surface area contributed by atoms with Gasteiger partial charge in [-0.15, -0.1) is 0 Å². The molecule has 17 heavy (non-hydrogen) atoms. The molecule has 0 amide bonds. The van der Waals surface area contributed by atoms with Gasteiger partial charge in [0, 0.05) is 5.41 Å². The highest BCUT2D eigenvalue weighted by molar-refractivity contribution is 5.92. The molecule has 0 radical (unpaired) electrons. The van der Waals surface area contributed by atoms with Crippen LogP contribution in [0.3, 0.4) is 0 Å². The molecule has 0 saturated heterocycles. The Labute approximate surface area is 105 Å². The Morgan fingerprint density at radius 3 is 2.53 bits per heavy atom. The van der Waals surface area contributed by atoms with Gasteiger partial charge in [-0.1, -0.05) is 47.0 Å². The van der Waals surface area contributed by atoms with Crippen LogP contribution in [0.1, 0.15) is 66.2 Å². The van der Waals surface area contributed by atoms with Gasteiger partial charge in [0.1, 0.15) is 5.41 Å². The van der Waals surface area contributed by atoms with Gasteiger partial charge < -0.3 is 0 Å². The third-order valence-corrected chi connectivity index (χ3v) is 4.05. The predicted octanol–water partition coefficient (Wildman–Crippen LogP) is 4.10. The average Bonchev–Trinajstić information content (AvgIpc) is 2.24. The second kappa shape index (κ2) is 5.21. The number of nitriles is 1. The maximum atomic E-state index is 12.5. The normalized spacial score (nSPS) is 28.1. The Balaban J connectivity index is 2.74. The zero-order valence-corrected chi connectivity index (χ0v) is 11.7. The highest BCUT2D eigenvalue weighted by Gasteiger charge is 2.48. The fourth-order valence-electron chi connectivity index (χ4n) is 2.92. The number of carbonyl (C=O) groups excluding carboxylic acids is 1. The number of hydrogen-bond donors (Lipinski definition) is 0. The Hall–Kier alpha value is -0.840. The fourth-order valence-corrected chi connectivity index (χ4v) is 2.92. The number of hydrogen-bond acceptors (Lipinski definition) is 2.